The molecule has 1 saturated heterocycles. The molecule has 0 unspecified atom stereocenters. The van der Waals surface area contributed by atoms with Gasteiger partial charge in [0.25, 0.3) is 0 Å². The second-order valence-corrected chi connectivity index (χ2v) is 5.46. The normalized spacial score (nSPS) is 17.5. The monoisotopic (exact) mass is 282 g/mol. The molecule has 6 heteroatoms. The number of rotatable bonds is 4. The van der Waals surface area contributed by atoms with Gasteiger partial charge in [0, 0.05) is 13.0 Å². The van der Waals surface area contributed by atoms with Gasteiger partial charge in [-0.3, -0.25) is 9.69 Å². The highest BCUT2D eigenvalue weighted by Gasteiger charge is 2.21. The van der Waals surface area contributed by atoms with E-state index >= 15 is 0 Å². The highest BCUT2D eigenvalue weighted by Crippen LogP contribution is 2.23. The maximum atomic E-state index is 10.9. The molecular formula is C13H19ClN4O. The molecule has 0 spiro atoms. The number of likely N-dealkylation sites (tertiary alicyclic amines) is 1. The van der Waals surface area contributed by atoms with Crippen molar-refractivity contribution in [1.29, 1.82) is 0 Å². The Bertz CT molecular complexity index is 458. The molecule has 1 aromatic heterocycles. The molecule has 0 radical (unpaired) electrons. The predicted molar refractivity (Wildman–Crippen MR) is 75.5 cm³/mol. The molecule has 19 heavy (non-hydrogen) atoms. The average molecular weight is 283 g/mol. The Kier molecular flexibility index (Phi) is 4.61. The number of hydrogen-bond acceptors (Lipinski definition) is 4. The van der Waals surface area contributed by atoms with E-state index in [4.69, 9.17) is 23.1 Å². The summed E-state index contributed by atoms with van der Waals surface area (Å²) in [6, 6.07) is 3.48. The third kappa shape index (κ3) is 4.08. The van der Waals surface area contributed by atoms with Crippen LogP contribution >= 0.6 is 11.6 Å². The van der Waals surface area contributed by atoms with Crippen LogP contribution in [-0.2, 0) is 11.3 Å². The Hall–Kier alpha value is -1.33. The van der Waals surface area contributed by atoms with Gasteiger partial charge in [-0.1, -0.05) is 11.6 Å². The molecule has 5 nitrogen and oxygen atoms in total. The lowest BCUT2D eigenvalue weighted by Gasteiger charge is -2.31. The second-order valence-electron chi connectivity index (χ2n) is 5.05. The zero-order chi connectivity index (χ0) is 13.8. The zero-order valence-electron chi connectivity index (χ0n) is 10.8. The highest BCUT2D eigenvalue weighted by molar-refractivity contribution is 6.31. The maximum absolute atomic E-state index is 10.9. The van der Waals surface area contributed by atoms with E-state index in [0.717, 1.165) is 31.6 Å². The molecule has 2 rings (SSSR count). The molecule has 0 bridgehead atoms. The molecule has 0 aliphatic carbocycles. The van der Waals surface area contributed by atoms with Gasteiger partial charge in [-0.15, -0.1) is 0 Å². The van der Waals surface area contributed by atoms with E-state index in [1.807, 2.05) is 0 Å². The number of piperidine rings is 1. The minimum atomic E-state index is -0.209. The highest BCUT2D eigenvalue weighted by atomic mass is 35.5. The summed E-state index contributed by atoms with van der Waals surface area (Å²) < 4.78 is 0. The number of primary amides is 1. The fourth-order valence-corrected chi connectivity index (χ4v) is 2.62. The fraction of sp³-hybridized carbons (Fsp3) is 0.538. The molecule has 0 aromatic carbocycles. The summed E-state index contributed by atoms with van der Waals surface area (Å²) in [4.78, 5) is 17.4. The van der Waals surface area contributed by atoms with Gasteiger partial charge in [-0.2, -0.15) is 0 Å². The molecule has 2 heterocycles. The molecule has 1 aliphatic heterocycles. The van der Waals surface area contributed by atoms with E-state index in [1.165, 1.54) is 0 Å². The molecule has 0 atom stereocenters. The van der Waals surface area contributed by atoms with Crippen molar-refractivity contribution in [3.8, 4) is 0 Å². The number of anilines is 1. The van der Waals surface area contributed by atoms with Gasteiger partial charge in [0.2, 0.25) is 5.91 Å². The summed E-state index contributed by atoms with van der Waals surface area (Å²) in [5.74, 6) is 0.694. The van der Waals surface area contributed by atoms with E-state index < -0.39 is 0 Å². The number of aromatic nitrogens is 1. The maximum Gasteiger partial charge on any atom is 0.217 e. The number of carbonyl (C=O) groups excluding carboxylic acids is 1. The molecule has 104 valence electrons. The van der Waals surface area contributed by atoms with E-state index in [1.54, 1.807) is 12.1 Å². The van der Waals surface area contributed by atoms with Crippen LogP contribution in [0.15, 0.2) is 12.1 Å². The number of amides is 1. The van der Waals surface area contributed by atoms with Crippen molar-refractivity contribution in [2.24, 2.45) is 11.7 Å². The van der Waals surface area contributed by atoms with Crippen LogP contribution in [0.4, 0.5) is 5.82 Å². The number of nitrogen functional groups attached to an aromatic ring is 1. The van der Waals surface area contributed by atoms with Crippen LogP contribution in [0.2, 0.25) is 5.02 Å². The first kappa shape index (κ1) is 14.1. The Morgan fingerprint density at radius 1 is 1.42 bits per heavy atom. The van der Waals surface area contributed by atoms with Gasteiger partial charge in [0.05, 0.1) is 10.7 Å². The standard InChI is InChI=1S/C13H19ClN4O/c14-10-1-2-12(15)17-11(10)8-18-5-3-9(4-6-18)7-13(16)19/h1-2,9H,3-8H2,(H2,15,17)(H2,16,19). The summed E-state index contributed by atoms with van der Waals surface area (Å²) in [5.41, 5.74) is 11.7. The first-order chi connectivity index (χ1) is 9.04. The first-order valence-electron chi connectivity index (χ1n) is 6.46. The second kappa shape index (κ2) is 6.21. The van der Waals surface area contributed by atoms with Crippen molar-refractivity contribution in [3.63, 3.8) is 0 Å². The molecule has 1 aromatic rings. The van der Waals surface area contributed by atoms with E-state index in [2.05, 4.69) is 9.88 Å². The molecule has 1 amide bonds. The lowest BCUT2D eigenvalue weighted by molar-refractivity contribution is -0.119. The Morgan fingerprint density at radius 3 is 2.74 bits per heavy atom. The van der Waals surface area contributed by atoms with E-state index in [-0.39, 0.29) is 5.91 Å². The largest absolute Gasteiger partial charge is 0.384 e. The van der Waals surface area contributed by atoms with Crippen LogP contribution in [0.5, 0.6) is 0 Å². The van der Waals surface area contributed by atoms with Gasteiger partial charge in [-0.05, 0) is 44.0 Å². The number of halogens is 1. The Balaban J connectivity index is 1.88. The van der Waals surface area contributed by atoms with Crippen LogP contribution in [0, 0.1) is 5.92 Å². The summed E-state index contributed by atoms with van der Waals surface area (Å²) >= 11 is 6.11. The first-order valence-corrected chi connectivity index (χ1v) is 6.84. The van der Waals surface area contributed by atoms with Crippen molar-refractivity contribution < 1.29 is 4.79 Å². The zero-order valence-corrected chi connectivity index (χ0v) is 11.6. The molecule has 0 saturated carbocycles. The third-order valence-corrected chi connectivity index (χ3v) is 3.85. The van der Waals surface area contributed by atoms with Crippen LogP contribution in [-0.4, -0.2) is 28.9 Å². The van der Waals surface area contributed by atoms with Crippen molar-refractivity contribution in [3.05, 3.63) is 22.8 Å². The Morgan fingerprint density at radius 2 is 2.11 bits per heavy atom. The summed E-state index contributed by atoms with van der Waals surface area (Å²) in [6.45, 7) is 2.57. The number of hydrogen-bond donors (Lipinski definition) is 2. The molecule has 1 aliphatic rings. The third-order valence-electron chi connectivity index (χ3n) is 3.51. The minimum absolute atomic E-state index is 0.209. The van der Waals surface area contributed by atoms with Crippen LogP contribution in [0.1, 0.15) is 25.0 Å². The number of nitrogens with zero attached hydrogens (tertiary/aromatic N) is 2. The predicted octanol–water partition coefficient (Wildman–Crippen LogP) is 1.40. The van der Waals surface area contributed by atoms with E-state index in [9.17, 15) is 4.79 Å². The van der Waals surface area contributed by atoms with Crippen LogP contribution in [0.25, 0.3) is 0 Å². The molecular weight excluding hydrogens is 264 g/mol. The van der Waals surface area contributed by atoms with Crippen molar-refractivity contribution >= 4 is 23.3 Å². The topological polar surface area (TPSA) is 85.2 Å². The summed E-state index contributed by atoms with van der Waals surface area (Å²) in [5, 5.41) is 0.647. The van der Waals surface area contributed by atoms with Crippen molar-refractivity contribution in [2.75, 3.05) is 18.8 Å². The quantitative estimate of drug-likeness (QED) is 0.874. The van der Waals surface area contributed by atoms with Gasteiger partial charge in [0.15, 0.2) is 0 Å². The van der Waals surface area contributed by atoms with Crippen LogP contribution in [0.3, 0.4) is 0 Å². The van der Waals surface area contributed by atoms with Gasteiger partial charge in [0.1, 0.15) is 5.82 Å². The van der Waals surface area contributed by atoms with E-state index in [0.29, 0.717) is 29.7 Å². The molecule has 4 N–H and O–H groups in total. The lowest BCUT2D eigenvalue weighted by atomic mass is 9.93. The average Bonchev–Trinajstić information content (AvgIpc) is 2.35. The minimum Gasteiger partial charge on any atom is -0.384 e. The number of pyridine rings is 1. The number of nitrogens with two attached hydrogens (primary N) is 2. The van der Waals surface area contributed by atoms with Gasteiger partial charge in [-0.25, -0.2) is 4.98 Å². The summed E-state index contributed by atoms with van der Waals surface area (Å²) in [7, 11) is 0. The fourth-order valence-electron chi connectivity index (χ4n) is 2.46. The van der Waals surface area contributed by atoms with Gasteiger partial charge < -0.3 is 11.5 Å². The summed E-state index contributed by atoms with van der Waals surface area (Å²) in [6.07, 6.45) is 2.47. The lowest BCUT2D eigenvalue weighted by Crippen LogP contribution is -2.35. The van der Waals surface area contributed by atoms with Crippen molar-refractivity contribution in [2.45, 2.75) is 25.8 Å². The van der Waals surface area contributed by atoms with Crippen LogP contribution < -0.4 is 11.5 Å². The Labute approximate surface area is 117 Å². The SMILES string of the molecule is NC(=O)CC1CCN(Cc2nc(N)ccc2Cl)CC1. The van der Waals surface area contributed by atoms with Crippen molar-refractivity contribution in [1.82, 2.24) is 9.88 Å². The molecule has 1 fully saturated rings. The smallest absolute Gasteiger partial charge is 0.217 e. The number of carbonyl (C=O) groups is 1. The van der Waals surface area contributed by atoms with Gasteiger partial charge >= 0.3 is 0 Å².